The molecule has 0 saturated heterocycles. The van der Waals surface area contributed by atoms with Crippen LogP contribution >= 0.6 is 12.2 Å². The number of H-pyrrole nitrogens is 1. The third-order valence-electron chi connectivity index (χ3n) is 3.07. The first kappa shape index (κ1) is 14.0. The predicted molar refractivity (Wildman–Crippen MR) is 77.8 cm³/mol. The van der Waals surface area contributed by atoms with E-state index in [1.54, 1.807) is 7.11 Å². The number of nitrogens with one attached hydrogen (secondary N) is 1. The van der Waals surface area contributed by atoms with Crippen molar-refractivity contribution in [2.75, 3.05) is 13.7 Å². The molecular weight excluding hydrogens is 258 g/mol. The quantitative estimate of drug-likeness (QED) is 0.791. The first-order valence-electron chi connectivity index (χ1n) is 6.48. The van der Waals surface area contributed by atoms with Crippen molar-refractivity contribution in [2.45, 2.75) is 25.8 Å². The molecule has 5 heteroatoms. The van der Waals surface area contributed by atoms with E-state index in [1.807, 2.05) is 10.6 Å². The van der Waals surface area contributed by atoms with Gasteiger partial charge in [-0.3, -0.25) is 5.10 Å². The van der Waals surface area contributed by atoms with Gasteiger partial charge in [-0.25, -0.2) is 0 Å². The largest absolute Gasteiger partial charge is 0.383 e. The van der Waals surface area contributed by atoms with Crippen LogP contribution in [0.1, 0.15) is 17.8 Å². The molecule has 2 aromatic rings. The Morgan fingerprint density at radius 1 is 1.26 bits per heavy atom. The van der Waals surface area contributed by atoms with E-state index in [0.29, 0.717) is 11.4 Å². The number of aromatic nitrogens is 3. The van der Waals surface area contributed by atoms with Crippen LogP contribution in [0.3, 0.4) is 0 Å². The molecule has 2 rings (SSSR count). The van der Waals surface area contributed by atoms with Gasteiger partial charge in [-0.2, -0.15) is 5.10 Å². The zero-order valence-electron chi connectivity index (χ0n) is 11.1. The molecule has 1 heterocycles. The summed E-state index contributed by atoms with van der Waals surface area (Å²) in [6, 6.07) is 10.5. The Morgan fingerprint density at radius 3 is 2.79 bits per heavy atom. The van der Waals surface area contributed by atoms with Gasteiger partial charge in [0.05, 0.1) is 6.61 Å². The highest BCUT2D eigenvalue weighted by molar-refractivity contribution is 7.71. The molecule has 0 saturated carbocycles. The lowest BCUT2D eigenvalue weighted by atomic mass is 10.1. The zero-order chi connectivity index (χ0) is 13.5. The van der Waals surface area contributed by atoms with Crippen molar-refractivity contribution >= 4 is 12.2 Å². The second kappa shape index (κ2) is 7.21. The van der Waals surface area contributed by atoms with Crippen LogP contribution in [0.5, 0.6) is 0 Å². The molecule has 0 fully saturated rings. The maximum Gasteiger partial charge on any atom is 0.195 e. The molecule has 0 amide bonds. The number of hydrogen-bond donors (Lipinski definition) is 1. The summed E-state index contributed by atoms with van der Waals surface area (Å²) in [5, 5.41) is 7.15. The van der Waals surface area contributed by atoms with Crippen LogP contribution in [0.4, 0.5) is 0 Å². The Labute approximate surface area is 118 Å². The van der Waals surface area contributed by atoms with Crippen molar-refractivity contribution in [3.05, 3.63) is 46.5 Å². The number of aromatic amines is 1. The van der Waals surface area contributed by atoms with Crippen molar-refractivity contribution in [1.29, 1.82) is 0 Å². The van der Waals surface area contributed by atoms with Crippen molar-refractivity contribution in [3.8, 4) is 0 Å². The van der Waals surface area contributed by atoms with Gasteiger partial charge >= 0.3 is 0 Å². The fourth-order valence-corrected chi connectivity index (χ4v) is 2.29. The van der Waals surface area contributed by atoms with Crippen LogP contribution in [-0.4, -0.2) is 28.5 Å². The van der Waals surface area contributed by atoms with Crippen LogP contribution in [0.2, 0.25) is 0 Å². The fraction of sp³-hybridized carbons (Fsp3) is 0.429. The van der Waals surface area contributed by atoms with Gasteiger partial charge in [-0.15, -0.1) is 0 Å². The first-order valence-corrected chi connectivity index (χ1v) is 6.89. The van der Waals surface area contributed by atoms with E-state index in [9.17, 15) is 0 Å². The number of hydrogen-bond acceptors (Lipinski definition) is 3. The number of aryl methyl sites for hydroxylation is 2. The van der Waals surface area contributed by atoms with Gasteiger partial charge in [0, 0.05) is 20.1 Å². The summed E-state index contributed by atoms with van der Waals surface area (Å²) >= 11 is 5.22. The van der Waals surface area contributed by atoms with Crippen molar-refractivity contribution in [2.24, 2.45) is 0 Å². The second-order valence-electron chi connectivity index (χ2n) is 4.43. The monoisotopic (exact) mass is 277 g/mol. The Kier molecular flexibility index (Phi) is 5.30. The molecule has 0 spiro atoms. The Bertz CT molecular complexity index is 547. The van der Waals surface area contributed by atoms with Crippen molar-refractivity contribution in [3.63, 3.8) is 0 Å². The number of benzene rings is 1. The lowest BCUT2D eigenvalue weighted by Crippen LogP contribution is -2.09. The SMILES string of the molecule is COCCn1c(CCCc2ccccc2)n[nH]c1=S. The molecule has 0 radical (unpaired) electrons. The minimum atomic E-state index is 0.652. The average Bonchev–Trinajstić information content (AvgIpc) is 2.78. The van der Waals surface area contributed by atoms with Crippen LogP contribution in [-0.2, 0) is 24.1 Å². The second-order valence-corrected chi connectivity index (χ2v) is 4.82. The molecule has 1 N–H and O–H groups in total. The third-order valence-corrected chi connectivity index (χ3v) is 3.38. The molecule has 19 heavy (non-hydrogen) atoms. The molecule has 0 aliphatic rings. The number of ether oxygens (including phenoxy) is 1. The van der Waals surface area contributed by atoms with Crippen LogP contribution in [0.15, 0.2) is 30.3 Å². The summed E-state index contributed by atoms with van der Waals surface area (Å²) < 4.78 is 7.78. The number of nitrogens with zero attached hydrogens (tertiary/aromatic N) is 2. The maximum atomic E-state index is 5.22. The van der Waals surface area contributed by atoms with Gasteiger partial charge in [0.15, 0.2) is 4.77 Å². The summed E-state index contributed by atoms with van der Waals surface area (Å²) in [6.45, 7) is 1.41. The number of methoxy groups -OCH3 is 1. The van der Waals surface area contributed by atoms with Crippen LogP contribution < -0.4 is 0 Å². The van der Waals surface area contributed by atoms with Crippen molar-refractivity contribution < 1.29 is 4.74 Å². The lowest BCUT2D eigenvalue weighted by Gasteiger charge is -2.06. The average molecular weight is 277 g/mol. The predicted octanol–water partition coefficient (Wildman–Crippen LogP) is 2.76. The molecule has 4 nitrogen and oxygen atoms in total. The number of rotatable bonds is 7. The van der Waals surface area contributed by atoms with E-state index in [-0.39, 0.29) is 0 Å². The summed E-state index contributed by atoms with van der Waals surface area (Å²) in [7, 11) is 1.69. The lowest BCUT2D eigenvalue weighted by molar-refractivity contribution is 0.186. The van der Waals surface area contributed by atoms with Gasteiger partial charge in [0.2, 0.25) is 0 Å². The highest BCUT2D eigenvalue weighted by atomic mass is 32.1. The molecule has 0 bridgehead atoms. The van der Waals surface area contributed by atoms with Crippen LogP contribution in [0.25, 0.3) is 0 Å². The van der Waals surface area contributed by atoms with Crippen LogP contribution in [0, 0.1) is 4.77 Å². The molecule has 0 aliphatic heterocycles. The Hall–Kier alpha value is -1.46. The Morgan fingerprint density at radius 2 is 2.05 bits per heavy atom. The highest BCUT2D eigenvalue weighted by Gasteiger charge is 2.05. The summed E-state index contributed by atoms with van der Waals surface area (Å²) in [5.41, 5.74) is 1.36. The molecule has 0 unspecified atom stereocenters. The normalized spacial score (nSPS) is 10.8. The van der Waals surface area contributed by atoms with E-state index < -0.39 is 0 Å². The molecule has 0 aliphatic carbocycles. The van der Waals surface area contributed by atoms with E-state index in [2.05, 4.69) is 34.5 Å². The molecule has 1 aromatic heterocycles. The van der Waals surface area contributed by atoms with Gasteiger partial charge in [-0.05, 0) is 30.6 Å². The maximum absolute atomic E-state index is 5.22. The highest BCUT2D eigenvalue weighted by Crippen LogP contribution is 2.07. The summed E-state index contributed by atoms with van der Waals surface area (Å²) in [6.07, 6.45) is 3.05. The van der Waals surface area contributed by atoms with E-state index in [0.717, 1.165) is 31.6 Å². The van der Waals surface area contributed by atoms with E-state index in [4.69, 9.17) is 17.0 Å². The molecular formula is C14H19N3OS. The van der Waals surface area contributed by atoms with Gasteiger partial charge in [0.1, 0.15) is 5.82 Å². The van der Waals surface area contributed by atoms with E-state index >= 15 is 0 Å². The first-order chi connectivity index (χ1) is 9.31. The molecule has 1 aromatic carbocycles. The van der Waals surface area contributed by atoms with Gasteiger partial charge in [0.25, 0.3) is 0 Å². The fourth-order valence-electron chi connectivity index (χ4n) is 2.05. The van der Waals surface area contributed by atoms with Gasteiger partial charge in [-0.1, -0.05) is 30.3 Å². The van der Waals surface area contributed by atoms with Crippen molar-refractivity contribution in [1.82, 2.24) is 14.8 Å². The van der Waals surface area contributed by atoms with Gasteiger partial charge < -0.3 is 9.30 Å². The molecule has 0 atom stereocenters. The zero-order valence-corrected chi connectivity index (χ0v) is 11.9. The summed E-state index contributed by atoms with van der Waals surface area (Å²) in [5.74, 6) is 1.01. The Balaban J connectivity index is 1.91. The third kappa shape index (κ3) is 4.01. The minimum Gasteiger partial charge on any atom is -0.383 e. The standard InChI is InChI=1S/C14H19N3OS/c1-18-11-10-17-13(15-16-14(17)19)9-5-8-12-6-3-2-4-7-12/h2-4,6-7H,5,8-11H2,1H3,(H,16,19). The minimum absolute atomic E-state index is 0.652. The summed E-state index contributed by atoms with van der Waals surface area (Å²) in [4.78, 5) is 0. The smallest absolute Gasteiger partial charge is 0.195 e. The van der Waals surface area contributed by atoms with E-state index in [1.165, 1.54) is 5.56 Å². The topological polar surface area (TPSA) is 42.8 Å². The molecule has 102 valence electrons.